The standard InChI is InChI=1S/C22H30F3N5S/c1-17(28-13-6-3-7-14-28)20-26-29(21(31)30(20)19-10-4-2-5-11-19)16-27-12-8-9-18(15-27)22(23,24)25/h2,4-5,10-11,17-18H,3,6-9,12-16H2,1H3. The number of likely N-dealkylation sites (tertiary alicyclic amines) is 2. The number of benzene rings is 1. The van der Waals surface area contributed by atoms with Gasteiger partial charge >= 0.3 is 6.18 Å². The molecule has 31 heavy (non-hydrogen) atoms. The van der Waals surface area contributed by atoms with Crippen LogP contribution < -0.4 is 0 Å². The number of aromatic nitrogens is 3. The molecule has 0 radical (unpaired) electrons. The van der Waals surface area contributed by atoms with E-state index in [2.05, 4.69) is 11.8 Å². The van der Waals surface area contributed by atoms with Crippen molar-refractivity contribution in [3.8, 4) is 5.69 Å². The molecule has 0 N–H and O–H groups in total. The Labute approximate surface area is 186 Å². The monoisotopic (exact) mass is 453 g/mol. The summed E-state index contributed by atoms with van der Waals surface area (Å²) in [6.45, 7) is 5.10. The van der Waals surface area contributed by atoms with Gasteiger partial charge in [0.1, 0.15) is 0 Å². The lowest BCUT2D eigenvalue weighted by atomic mass is 9.98. The first-order chi connectivity index (χ1) is 14.8. The van der Waals surface area contributed by atoms with E-state index in [-0.39, 0.29) is 25.7 Å². The summed E-state index contributed by atoms with van der Waals surface area (Å²) in [6, 6.07) is 9.94. The molecule has 2 atom stereocenters. The lowest BCUT2D eigenvalue weighted by Gasteiger charge is -2.33. The normalized spacial score (nSPS) is 22.5. The topological polar surface area (TPSA) is 29.2 Å². The number of alkyl halides is 3. The van der Waals surface area contributed by atoms with Crippen LogP contribution in [0, 0.1) is 10.7 Å². The SMILES string of the molecule is CC(c1nn(CN2CCCC(C(F)(F)F)C2)c(=S)n1-c1ccccc1)N1CCCCC1. The van der Waals surface area contributed by atoms with Crippen LogP contribution in [0.4, 0.5) is 13.2 Å². The molecular weight excluding hydrogens is 423 g/mol. The highest BCUT2D eigenvalue weighted by atomic mass is 32.1. The van der Waals surface area contributed by atoms with Gasteiger partial charge in [-0.2, -0.15) is 18.3 Å². The van der Waals surface area contributed by atoms with Gasteiger partial charge in [0.15, 0.2) is 5.82 Å². The molecule has 0 aliphatic carbocycles. The van der Waals surface area contributed by atoms with Crippen molar-refractivity contribution in [3.05, 3.63) is 40.9 Å². The van der Waals surface area contributed by atoms with Gasteiger partial charge in [-0.05, 0) is 76.6 Å². The fraction of sp³-hybridized carbons (Fsp3) is 0.636. The second kappa shape index (κ2) is 9.42. The molecular formula is C22H30F3N5S. The van der Waals surface area contributed by atoms with Crippen molar-refractivity contribution in [2.24, 2.45) is 5.92 Å². The molecule has 2 unspecified atom stereocenters. The molecule has 5 nitrogen and oxygen atoms in total. The molecule has 0 saturated carbocycles. The van der Waals surface area contributed by atoms with Gasteiger partial charge in [0.05, 0.1) is 18.6 Å². The Hall–Kier alpha value is -1.71. The summed E-state index contributed by atoms with van der Waals surface area (Å²) in [5, 5.41) is 4.85. The van der Waals surface area contributed by atoms with Crippen LogP contribution in [0.3, 0.4) is 0 Å². The van der Waals surface area contributed by atoms with Gasteiger partial charge < -0.3 is 0 Å². The van der Waals surface area contributed by atoms with Crippen LogP contribution >= 0.6 is 12.2 Å². The van der Waals surface area contributed by atoms with Crippen LogP contribution in [-0.4, -0.2) is 56.5 Å². The quantitative estimate of drug-likeness (QED) is 0.584. The predicted octanol–water partition coefficient (Wildman–Crippen LogP) is 5.18. The van der Waals surface area contributed by atoms with Gasteiger partial charge in [-0.15, -0.1) is 0 Å². The third-order valence-electron chi connectivity index (χ3n) is 6.49. The molecule has 170 valence electrons. The van der Waals surface area contributed by atoms with E-state index in [1.807, 2.05) is 39.8 Å². The van der Waals surface area contributed by atoms with E-state index < -0.39 is 12.1 Å². The summed E-state index contributed by atoms with van der Waals surface area (Å²) in [7, 11) is 0. The van der Waals surface area contributed by atoms with E-state index in [9.17, 15) is 13.2 Å². The molecule has 2 aliphatic heterocycles. The largest absolute Gasteiger partial charge is 0.393 e. The Kier molecular flexibility index (Phi) is 6.83. The van der Waals surface area contributed by atoms with Gasteiger partial charge in [0.2, 0.25) is 4.77 Å². The van der Waals surface area contributed by atoms with Crippen LogP contribution in [-0.2, 0) is 6.67 Å². The summed E-state index contributed by atoms with van der Waals surface area (Å²) in [5.74, 6) is -0.430. The highest BCUT2D eigenvalue weighted by Crippen LogP contribution is 2.33. The maximum Gasteiger partial charge on any atom is 0.393 e. The van der Waals surface area contributed by atoms with Crippen LogP contribution in [0.2, 0.25) is 0 Å². The molecule has 0 amide bonds. The van der Waals surface area contributed by atoms with Crippen molar-refractivity contribution in [1.29, 1.82) is 0 Å². The van der Waals surface area contributed by atoms with Crippen molar-refractivity contribution in [2.45, 2.75) is 57.9 Å². The third kappa shape index (κ3) is 5.04. The molecule has 2 aromatic rings. The van der Waals surface area contributed by atoms with E-state index >= 15 is 0 Å². The van der Waals surface area contributed by atoms with E-state index in [0.29, 0.717) is 17.7 Å². The maximum atomic E-state index is 13.3. The molecule has 9 heteroatoms. The van der Waals surface area contributed by atoms with E-state index in [1.165, 1.54) is 19.3 Å². The molecule has 2 saturated heterocycles. The smallest absolute Gasteiger partial charge is 0.294 e. The van der Waals surface area contributed by atoms with Crippen molar-refractivity contribution in [1.82, 2.24) is 24.1 Å². The fourth-order valence-corrected chi connectivity index (χ4v) is 5.01. The minimum atomic E-state index is -4.16. The summed E-state index contributed by atoms with van der Waals surface area (Å²) >= 11 is 5.78. The van der Waals surface area contributed by atoms with Gasteiger partial charge in [0.25, 0.3) is 0 Å². The summed E-state index contributed by atoms with van der Waals surface area (Å²) in [6.07, 6.45) is 0.165. The molecule has 2 fully saturated rings. The number of para-hydroxylation sites is 1. The second-order valence-corrected chi connectivity index (χ2v) is 9.05. The number of hydrogen-bond acceptors (Lipinski definition) is 4. The molecule has 4 rings (SSSR count). The number of hydrogen-bond donors (Lipinski definition) is 0. The first-order valence-corrected chi connectivity index (χ1v) is 11.5. The van der Waals surface area contributed by atoms with Gasteiger partial charge in [0, 0.05) is 12.2 Å². The zero-order valence-corrected chi connectivity index (χ0v) is 18.7. The Morgan fingerprint density at radius 2 is 1.77 bits per heavy atom. The summed E-state index contributed by atoms with van der Waals surface area (Å²) in [4.78, 5) is 4.25. The number of piperidine rings is 2. The zero-order valence-electron chi connectivity index (χ0n) is 17.9. The fourth-order valence-electron chi connectivity index (χ4n) is 4.72. The van der Waals surface area contributed by atoms with E-state index in [0.717, 1.165) is 24.6 Å². The van der Waals surface area contributed by atoms with E-state index in [4.69, 9.17) is 17.3 Å². The number of rotatable bonds is 5. The van der Waals surface area contributed by atoms with Crippen LogP contribution in [0.25, 0.3) is 5.69 Å². The summed E-state index contributed by atoms with van der Waals surface area (Å²) in [5.41, 5.74) is 0.935. The Morgan fingerprint density at radius 3 is 2.45 bits per heavy atom. The van der Waals surface area contributed by atoms with Crippen molar-refractivity contribution in [2.75, 3.05) is 26.2 Å². The Bertz CT molecular complexity index is 917. The van der Waals surface area contributed by atoms with Crippen LogP contribution in [0.5, 0.6) is 0 Å². The van der Waals surface area contributed by atoms with Gasteiger partial charge in [-0.1, -0.05) is 24.6 Å². The average molecular weight is 454 g/mol. The third-order valence-corrected chi connectivity index (χ3v) is 6.89. The average Bonchev–Trinajstić information content (AvgIpc) is 3.10. The molecule has 0 bridgehead atoms. The van der Waals surface area contributed by atoms with E-state index in [1.54, 1.807) is 4.68 Å². The Morgan fingerprint density at radius 1 is 1.06 bits per heavy atom. The first-order valence-electron chi connectivity index (χ1n) is 11.1. The molecule has 1 aromatic carbocycles. The lowest BCUT2D eigenvalue weighted by Crippen LogP contribution is -2.42. The minimum Gasteiger partial charge on any atom is -0.294 e. The molecule has 2 aliphatic rings. The van der Waals surface area contributed by atoms with Crippen LogP contribution in [0.1, 0.15) is 50.9 Å². The van der Waals surface area contributed by atoms with Crippen molar-refractivity contribution >= 4 is 12.2 Å². The molecule has 1 aromatic heterocycles. The summed E-state index contributed by atoms with van der Waals surface area (Å²) < 4.78 is 44.0. The van der Waals surface area contributed by atoms with Crippen molar-refractivity contribution < 1.29 is 13.2 Å². The predicted molar refractivity (Wildman–Crippen MR) is 117 cm³/mol. The van der Waals surface area contributed by atoms with Gasteiger partial charge in [-0.3, -0.25) is 14.4 Å². The zero-order chi connectivity index (χ0) is 22.0. The molecule has 0 spiro atoms. The minimum absolute atomic E-state index is 0.000478. The lowest BCUT2D eigenvalue weighted by molar-refractivity contribution is -0.188. The van der Waals surface area contributed by atoms with Crippen LogP contribution in [0.15, 0.2) is 30.3 Å². The van der Waals surface area contributed by atoms with Gasteiger partial charge in [-0.25, -0.2) is 4.68 Å². The van der Waals surface area contributed by atoms with Crippen molar-refractivity contribution in [3.63, 3.8) is 0 Å². The number of halogens is 3. The molecule has 3 heterocycles. The maximum absolute atomic E-state index is 13.3. The Balaban J connectivity index is 1.64. The highest BCUT2D eigenvalue weighted by Gasteiger charge is 2.41. The highest BCUT2D eigenvalue weighted by molar-refractivity contribution is 7.71. The second-order valence-electron chi connectivity index (χ2n) is 8.68. The first kappa shape index (κ1) is 22.5. The number of nitrogens with zero attached hydrogens (tertiary/aromatic N) is 5.